The fraction of sp³-hybridized carbons (Fsp3) is 0.250. The van der Waals surface area contributed by atoms with Crippen LogP contribution in [-0.4, -0.2) is 33.8 Å². The molecule has 1 aliphatic heterocycles. The molecule has 0 saturated carbocycles. The molecule has 9 heteroatoms. The zero-order valence-corrected chi connectivity index (χ0v) is 15.3. The number of carbonyl (C=O) groups is 1. The van der Waals surface area contributed by atoms with E-state index < -0.39 is 16.3 Å². The van der Waals surface area contributed by atoms with Crippen molar-refractivity contribution in [1.82, 2.24) is 9.97 Å². The molecule has 4 rings (SSSR count). The Labute approximate surface area is 164 Å². The molecule has 148 valence electrons. The van der Waals surface area contributed by atoms with E-state index in [9.17, 15) is 24.1 Å². The number of nitro groups is 1. The summed E-state index contributed by atoms with van der Waals surface area (Å²) in [7, 11) is 0. The zero-order chi connectivity index (χ0) is 20.5. The van der Waals surface area contributed by atoms with Crippen LogP contribution < -0.4 is 10.5 Å². The molecule has 1 N–H and O–H groups in total. The van der Waals surface area contributed by atoms with Gasteiger partial charge in [0.2, 0.25) is 0 Å². The van der Waals surface area contributed by atoms with Crippen LogP contribution in [0.2, 0.25) is 0 Å². The molecule has 0 unspecified atom stereocenters. The first kappa shape index (κ1) is 18.7. The van der Waals surface area contributed by atoms with Gasteiger partial charge in [-0.2, -0.15) is 0 Å². The highest BCUT2D eigenvalue weighted by Gasteiger charge is 2.29. The number of halogens is 1. The SMILES string of the molecule is O=C(c1ccc(F)cc1)C1CCN(c2cc3nc[nH]c(=O)c3cc2[N+](=O)[O-])CC1. The monoisotopic (exact) mass is 396 g/mol. The minimum atomic E-state index is -0.517. The van der Waals surface area contributed by atoms with Gasteiger partial charge in [0.05, 0.1) is 22.2 Å². The van der Waals surface area contributed by atoms with E-state index in [1.807, 2.05) is 4.90 Å². The van der Waals surface area contributed by atoms with E-state index in [0.717, 1.165) is 0 Å². The van der Waals surface area contributed by atoms with Gasteiger partial charge in [0.1, 0.15) is 11.5 Å². The topological polar surface area (TPSA) is 109 Å². The van der Waals surface area contributed by atoms with Gasteiger partial charge in [0.25, 0.3) is 11.2 Å². The molecule has 1 saturated heterocycles. The summed E-state index contributed by atoms with van der Waals surface area (Å²) in [6.45, 7) is 0.903. The summed E-state index contributed by atoms with van der Waals surface area (Å²) in [5.74, 6) is -0.671. The molecular formula is C20H17FN4O4. The van der Waals surface area contributed by atoms with Crippen LogP contribution in [0.15, 0.2) is 47.5 Å². The predicted molar refractivity (Wildman–Crippen MR) is 105 cm³/mol. The van der Waals surface area contributed by atoms with Crippen LogP contribution in [0.4, 0.5) is 15.8 Å². The van der Waals surface area contributed by atoms with Gasteiger partial charge in [-0.05, 0) is 43.2 Å². The third-order valence-electron chi connectivity index (χ3n) is 5.27. The molecule has 0 aliphatic carbocycles. The van der Waals surface area contributed by atoms with Crippen LogP contribution >= 0.6 is 0 Å². The number of nitrogens with one attached hydrogen (secondary N) is 1. The number of nitro benzene ring substituents is 1. The minimum absolute atomic E-state index is 0.0501. The van der Waals surface area contributed by atoms with Gasteiger partial charge < -0.3 is 9.88 Å². The Hall–Kier alpha value is -3.62. The number of ketones is 1. The van der Waals surface area contributed by atoms with Gasteiger partial charge >= 0.3 is 0 Å². The first-order valence-corrected chi connectivity index (χ1v) is 9.14. The summed E-state index contributed by atoms with van der Waals surface area (Å²) < 4.78 is 13.1. The molecule has 29 heavy (non-hydrogen) atoms. The number of fused-ring (bicyclic) bond motifs is 1. The molecule has 0 atom stereocenters. The zero-order valence-electron chi connectivity index (χ0n) is 15.3. The summed E-state index contributed by atoms with van der Waals surface area (Å²) in [5, 5.41) is 11.7. The molecular weight excluding hydrogens is 379 g/mol. The van der Waals surface area contributed by atoms with E-state index in [0.29, 0.717) is 42.7 Å². The Morgan fingerprint density at radius 2 is 1.90 bits per heavy atom. The largest absolute Gasteiger partial charge is 0.366 e. The number of anilines is 1. The lowest BCUT2D eigenvalue weighted by Crippen LogP contribution is -2.36. The van der Waals surface area contributed by atoms with Gasteiger partial charge in [-0.15, -0.1) is 0 Å². The second-order valence-corrected chi connectivity index (χ2v) is 6.98. The highest BCUT2D eigenvalue weighted by molar-refractivity contribution is 5.98. The number of carbonyl (C=O) groups excluding carboxylic acids is 1. The van der Waals surface area contributed by atoms with E-state index in [2.05, 4.69) is 9.97 Å². The first-order chi connectivity index (χ1) is 13.9. The van der Waals surface area contributed by atoms with E-state index in [4.69, 9.17) is 0 Å². The summed E-state index contributed by atoms with van der Waals surface area (Å²) in [4.78, 5) is 44.0. The lowest BCUT2D eigenvalue weighted by atomic mass is 9.88. The van der Waals surface area contributed by atoms with Crippen molar-refractivity contribution in [2.75, 3.05) is 18.0 Å². The molecule has 2 aromatic carbocycles. The van der Waals surface area contributed by atoms with Crippen molar-refractivity contribution >= 4 is 28.1 Å². The van der Waals surface area contributed by atoms with E-state index in [1.165, 1.54) is 36.7 Å². The molecule has 1 aliphatic rings. The molecule has 0 bridgehead atoms. The van der Waals surface area contributed by atoms with E-state index >= 15 is 0 Å². The fourth-order valence-electron chi connectivity index (χ4n) is 3.72. The number of aromatic nitrogens is 2. The molecule has 0 spiro atoms. The number of rotatable bonds is 4. The minimum Gasteiger partial charge on any atom is -0.366 e. The maximum Gasteiger partial charge on any atom is 0.293 e. The first-order valence-electron chi connectivity index (χ1n) is 9.14. The highest BCUT2D eigenvalue weighted by Crippen LogP contribution is 2.34. The molecule has 2 heterocycles. The highest BCUT2D eigenvalue weighted by atomic mass is 19.1. The molecule has 3 aromatic rings. The van der Waals surface area contributed by atoms with E-state index in [-0.39, 0.29) is 22.8 Å². The summed E-state index contributed by atoms with van der Waals surface area (Å²) in [5.41, 5.74) is 0.615. The van der Waals surface area contributed by atoms with Crippen LogP contribution in [0.1, 0.15) is 23.2 Å². The number of hydrogen-bond donors (Lipinski definition) is 1. The van der Waals surface area contributed by atoms with Crippen molar-refractivity contribution in [2.24, 2.45) is 5.92 Å². The predicted octanol–water partition coefficient (Wildman–Crippen LogP) is 3.07. The quantitative estimate of drug-likeness (QED) is 0.412. The standard InChI is InChI=1S/C20H17FN4O4/c21-14-3-1-12(2-4-14)19(26)13-5-7-24(8-6-13)17-10-16-15(9-18(17)25(28)29)20(27)23-11-22-16/h1-4,9-11,13H,5-8H2,(H,22,23,27). The van der Waals surface area contributed by atoms with Crippen LogP contribution in [0.3, 0.4) is 0 Å². The number of Topliss-reactive ketones (excluding diaryl/α,β-unsaturated/α-hetero) is 1. The van der Waals surface area contributed by atoms with Crippen LogP contribution in [0.5, 0.6) is 0 Å². The lowest BCUT2D eigenvalue weighted by molar-refractivity contribution is -0.384. The molecule has 0 amide bonds. The molecule has 1 fully saturated rings. The van der Waals surface area contributed by atoms with Crippen LogP contribution in [0.25, 0.3) is 10.9 Å². The number of benzene rings is 2. The van der Waals surface area contributed by atoms with Crippen LogP contribution in [0, 0.1) is 21.8 Å². The smallest absolute Gasteiger partial charge is 0.293 e. The number of piperidine rings is 1. The van der Waals surface area contributed by atoms with Crippen LogP contribution in [-0.2, 0) is 0 Å². The van der Waals surface area contributed by atoms with Crippen molar-refractivity contribution in [1.29, 1.82) is 0 Å². The Morgan fingerprint density at radius 3 is 2.55 bits per heavy atom. The second-order valence-electron chi connectivity index (χ2n) is 6.98. The van der Waals surface area contributed by atoms with Gasteiger partial charge in [0.15, 0.2) is 5.78 Å². The molecule has 1 aromatic heterocycles. The average Bonchev–Trinajstić information content (AvgIpc) is 2.73. The van der Waals surface area contributed by atoms with Crippen molar-refractivity contribution in [2.45, 2.75) is 12.8 Å². The fourth-order valence-corrected chi connectivity index (χ4v) is 3.72. The van der Waals surface area contributed by atoms with Gasteiger partial charge in [-0.1, -0.05) is 0 Å². The molecule has 8 nitrogen and oxygen atoms in total. The Kier molecular flexibility index (Phi) is 4.79. The maximum absolute atomic E-state index is 13.1. The van der Waals surface area contributed by atoms with Crippen molar-refractivity contribution in [3.8, 4) is 0 Å². The molecule has 0 radical (unpaired) electrons. The second kappa shape index (κ2) is 7.42. The number of hydrogen-bond acceptors (Lipinski definition) is 6. The summed E-state index contributed by atoms with van der Waals surface area (Å²) in [6.07, 6.45) is 2.30. The third-order valence-corrected chi connectivity index (χ3v) is 5.27. The Bertz CT molecular complexity index is 1150. The van der Waals surface area contributed by atoms with Crippen molar-refractivity contribution in [3.63, 3.8) is 0 Å². The Balaban J connectivity index is 1.58. The van der Waals surface area contributed by atoms with Crippen molar-refractivity contribution in [3.05, 3.63) is 74.6 Å². The Morgan fingerprint density at radius 1 is 1.21 bits per heavy atom. The normalized spacial score (nSPS) is 14.9. The van der Waals surface area contributed by atoms with E-state index in [1.54, 1.807) is 6.07 Å². The van der Waals surface area contributed by atoms with Gasteiger partial charge in [0, 0.05) is 30.6 Å². The number of H-pyrrole nitrogens is 1. The lowest BCUT2D eigenvalue weighted by Gasteiger charge is -2.32. The third kappa shape index (κ3) is 3.58. The van der Waals surface area contributed by atoms with Gasteiger partial charge in [-0.25, -0.2) is 9.37 Å². The number of nitrogens with zero attached hydrogens (tertiary/aromatic N) is 3. The maximum atomic E-state index is 13.1. The summed E-state index contributed by atoms with van der Waals surface area (Å²) >= 11 is 0. The van der Waals surface area contributed by atoms with Crippen molar-refractivity contribution < 1.29 is 14.1 Å². The summed E-state index contributed by atoms with van der Waals surface area (Å²) in [6, 6.07) is 8.25. The van der Waals surface area contributed by atoms with Gasteiger partial charge in [-0.3, -0.25) is 19.7 Å². The number of aromatic amines is 1. The average molecular weight is 396 g/mol.